The van der Waals surface area contributed by atoms with Crippen LogP contribution in [0.1, 0.15) is 37.0 Å². The van der Waals surface area contributed by atoms with E-state index in [1.54, 1.807) is 0 Å². The van der Waals surface area contributed by atoms with Gasteiger partial charge in [-0.25, -0.2) is 0 Å². The van der Waals surface area contributed by atoms with Crippen LogP contribution in [-0.2, 0) is 4.79 Å². The number of para-hydroxylation sites is 1. The van der Waals surface area contributed by atoms with Gasteiger partial charge in [0.05, 0.1) is 5.56 Å². The molecule has 2 N–H and O–H groups in total. The number of anilines is 1. The summed E-state index contributed by atoms with van der Waals surface area (Å²) in [6, 6.07) is 7.63. The summed E-state index contributed by atoms with van der Waals surface area (Å²) in [5.74, 6) is -0.0102. The molecule has 21 heavy (non-hydrogen) atoms. The van der Waals surface area contributed by atoms with Gasteiger partial charge in [0.25, 0.3) is 5.91 Å². The van der Waals surface area contributed by atoms with Crippen molar-refractivity contribution >= 4 is 17.5 Å². The molecule has 5 heteroatoms. The van der Waals surface area contributed by atoms with Gasteiger partial charge in [-0.1, -0.05) is 12.1 Å². The SMILES string of the molecule is CCNc1ccccc1C(=O)N1CCCC(NC(C)=O)C1. The van der Waals surface area contributed by atoms with E-state index in [0.717, 1.165) is 31.6 Å². The molecule has 0 aromatic heterocycles. The third-order valence-corrected chi connectivity index (χ3v) is 3.64. The summed E-state index contributed by atoms with van der Waals surface area (Å²) in [7, 11) is 0. The first-order chi connectivity index (χ1) is 10.1. The molecule has 1 aromatic carbocycles. The van der Waals surface area contributed by atoms with Crippen molar-refractivity contribution in [3.05, 3.63) is 29.8 Å². The lowest BCUT2D eigenvalue weighted by molar-refractivity contribution is -0.120. The smallest absolute Gasteiger partial charge is 0.256 e. The number of hydrogen-bond donors (Lipinski definition) is 2. The molecule has 1 unspecified atom stereocenters. The number of nitrogens with zero attached hydrogens (tertiary/aromatic N) is 1. The Hall–Kier alpha value is -2.04. The predicted molar refractivity (Wildman–Crippen MR) is 83.3 cm³/mol. The zero-order chi connectivity index (χ0) is 15.2. The van der Waals surface area contributed by atoms with Crippen molar-refractivity contribution in [3.63, 3.8) is 0 Å². The van der Waals surface area contributed by atoms with Crippen LogP contribution in [0.15, 0.2) is 24.3 Å². The highest BCUT2D eigenvalue weighted by Gasteiger charge is 2.25. The lowest BCUT2D eigenvalue weighted by Gasteiger charge is -2.33. The zero-order valence-electron chi connectivity index (χ0n) is 12.7. The van der Waals surface area contributed by atoms with Crippen molar-refractivity contribution in [3.8, 4) is 0 Å². The van der Waals surface area contributed by atoms with E-state index in [2.05, 4.69) is 10.6 Å². The van der Waals surface area contributed by atoms with Crippen molar-refractivity contribution in [2.24, 2.45) is 0 Å². The fourth-order valence-electron chi connectivity index (χ4n) is 2.75. The van der Waals surface area contributed by atoms with Gasteiger partial charge in [-0.2, -0.15) is 0 Å². The maximum Gasteiger partial charge on any atom is 0.256 e. The van der Waals surface area contributed by atoms with Crippen molar-refractivity contribution in [1.29, 1.82) is 0 Å². The summed E-state index contributed by atoms with van der Waals surface area (Å²) in [6.07, 6.45) is 1.85. The predicted octanol–water partition coefficient (Wildman–Crippen LogP) is 1.86. The second-order valence-corrected chi connectivity index (χ2v) is 5.37. The summed E-state index contributed by atoms with van der Waals surface area (Å²) in [5, 5.41) is 6.13. The van der Waals surface area contributed by atoms with E-state index in [1.165, 1.54) is 6.92 Å². The first kappa shape index (κ1) is 15.4. The Morgan fingerprint density at radius 1 is 1.33 bits per heavy atom. The van der Waals surface area contributed by atoms with Crippen molar-refractivity contribution in [1.82, 2.24) is 10.2 Å². The fourth-order valence-corrected chi connectivity index (χ4v) is 2.75. The molecule has 1 heterocycles. The van der Waals surface area contributed by atoms with Gasteiger partial charge in [0, 0.05) is 38.3 Å². The topological polar surface area (TPSA) is 61.4 Å². The van der Waals surface area contributed by atoms with E-state index in [0.29, 0.717) is 12.1 Å². The molecule has 1 aliphatic rings. The van der Waals surface area contributed by atoms with E-state index in [9.17, 15) is 9.59 Å². The van der Waals surface area contributed by atoms with E-state index in [4.69, 9.17) is 0 Å². The number of hydrogen-bond acceptors (Lipinski definition) is 3. The Bertz CT molecular complexity index is 516. The number of amides is 2. The molecule has 2 rings (SSSR count). The molecule has 1 atom stereocenters. The van der Waals surface area contributed by atoms with Gasteiger partial charge in [-0.15, -0.1) is 0 Å². The third kappa shape index (κ3) is 3.97. The van der Waals surface area contributed by atoms with Gasteiger partial charge in [-0.05, 0) is 31.9 Å². The molecule has 0 radical (unpaired) electrons. The van der Waals surface area contributed by atoms with Gasteiger partial charge in [0.2, 0.25) is 5.91 Å². The summed E-state index contributed by atoms with van der Waals surface area (Å²) >= 11 is 0. The highest BCUT2D eigenvalue weighted by Crippen LogP contribution is 2.20. The number of rotatable bonds is 4. The number of benzene rings is 1. The van der Waals surface area contributed by atoms with Crippen LogP contribution in [-0.4, -0.2) is 42.4 Å². The maximum absolute atomic E-state index is 12.7. The van der Waals surface area contributed by atoms with Crippen LogP contribution >= 0.6 is 0 Å². The van der Waals surface area contributed by atoms with Crippen molar-refractivity contribution in [2.45, 2.75) is 32.7 Å². The second kappa shape index (κ2) is 7.11. The normalized spacial score (nSPS) is 18.2. The van der Waals surface area contributed by atoms with Crippen LogP contribution in [0.5, 0.6) is 0 Å². The average molecular weight is 289 g/mol. The van der Waals surface area contributed by atoms with E-state index >= 15 is 0 Å². The van der Waals surface area contributed by atoms with Crippen LogP contribution in [0.3, 0.4) is 0 Å². The Labute approximate surface area is 125 Å². The van der Waals surface area contributed by atoms with Crippen LogP contribution in [0, 0.1) is 0 Å². The standard InChI is InChI=1S/C16H23N3O2/c1-3-17-15-9-5-4-8-14(15)16(21)19-10-6-7-13(11-19)18-12(2)20/h4-5,8-9,13,17H,3,6-7,10-11H2,1-2H3,(H,18,20). The number of carbonyl (C=O) groups is 2. The molecule has 1 saturated heterocycles. The van der Waals surface area contributed by atoms with Gasteiger partial charge in [0.1, 0.15) is 0 Å². The number of likely N-dealkylation sites (tertiary alicyclic amines) is 1. The largest absolute Gasteiger partial charge is 0.385 e. The van der Waals surface area contributed by atoms with Crippen LogP contribution in [0.25, 0.3) is 0 Å². The third-order valence-electron chi connectivity index (χ3n) is 3.64. The van der Waals surface area contributed by atoms with Crippen LogP contribution in [0.2, 0.25) is 0 Å². The maximum atomic E-state index is 12.7. The van der Waals surface area contributed by atoms with Gasteiger partial charge >= 0.3 is 0 Å². The molecular formula is C16H23N3O2. The molecule has 0 aliphatic carbocycles. The van der Waals surface area contributed by atoms with Crippen LogP contribution in [0.4, 0.5) is 5.69 Å². The Morgan fingerprint density at radius 3 is 2.81 bits per heavy atom. The Kier molecular flexibility index (Phi) is 5.20. The molecule has 0 saturated carbocycles. The van der Waals surface area contributed by atoms with E-state index in [1.807, 2.05) is 36.1 Å². The lowest BCUT2D eigenvalue weighted by Crippen LogP contribution is -2.49. The summed E-state index contributed by atoms with van der Waals surface area (Å²) in [5.41, 5.74) is 1.56. The van der Waals surface area contributed by atoms with Crippen molar-refractivity contribution < 1.29 is 9.59 Å². The minimum absolute atomic E-state index is 0.0293. The van der Waals surface area contributed by atoms with Crippen LogP contribution < -0.4 is 10.6 Å². The van der Waals surface area contributed by atoms with Gasteiger partial charge < -0.3 is 15.5 Å². The highest BCUT2D eigenvalue weighted by molar-refractivity contribution is 5.99. The minimum Gasteiger partial charge on any atom is -0.385 e. The molecule has 5 nitrogen and oxygen atoms in total. The van der Waals surface area contributed by atoms with E-state index in [-0.39, 0.29) is 17.9 Å². The number of piperidine rings is 1. The Morgan fingerprint density at radius 2 is 2.10 bits per heavy atom. The molecule has 1 fully saturated rings. The van der Waals surface area contributed by atoms with Crippen molar-refractivity contribution in [2.75, 3.05) is 25.0 Å². The zero-order valence-corrected chi connectivity index (χ0v) is 12.7. The fraction of sp³-hybridized carbons (Fsp3) is 0.500. The van der Waals surface area contributed by atoms with Gasteiger partial charge in [0.15, 0.2) is 0 Å². The summed E-state index contributed by atoms with van der Waals surface area (Å²) < 4.78 is 0. The summed E-state index contributed by atoms with van der Waals surface area (Å²) in [6.45, 7) is 5.63. The molecular weight excluding hydrogens is 266 g/mol. The summed E-state index contributed by atoms with van der Waals surface area (Å²) in [4.78, 5) is 25.7. The number of nitrogens with one attached hydrogen (secondary N) is 2. The van der Waals surface area contributed by atoms with Gasteiger partial charge in [-0.3, -0.25) is 9.59 Å². The first-order valence-electron chi connectivity index (χ1n) is 7.51. The monoisotopic (exact) mass is 289 g/mol. The molecule has 1 aromatic rings. The highest BCUT2D eigenvalue weighted by atomic mass is 16.2. The molecule has 2 amide bonds. The quantitative estimate of drug-likeness (QED) is 0.889. The molecule has 0 bridgehead atoms. The molecule has 0 spiro atoms. The number of carbonyl (C=O) groups excluding carboxylic acids is 2. The average Bonchev–Trinajstić information content (AvgIpc) is 2.47. The van der Waals surface area contributed by atoms with E-state index < -0.39 is 0 Å². The second-order valence-electron chi connectivity index (χ2n) is 5.37. The minimum atomic E-state index is -0.0395. The molecule has 1 aliphatic heterocycles. The lowest BCUT2D eigenvalue weighted by atomic mass is 10.0. The Balaban J connectivity index is 2.10. The molecule has 114 valence electrons. The first-order valence-corrected chi connectivity index (χ1v) is 7.51.